The van der Waals surface area contributed by atoms with Crippen LogP contribution in [0.3, 0.4) is 0 Å². The molecule has 28 heavy (non-hydrogen) atoms. The predicted octanol–water partition coefficient (Wildman–Crippen LogP) is 4.02. The lowest BCUT2D eigenvalue weighted by Crippen LogP contribution is -2.24. The SMILES string of the molecule is O=C(NCc1ccc(F)cc1F)c1cc2n(n1)C[C@@H](c1ccc(Cl)cc1)OC2. The number of aromatic nitrogens is 2. The highest BCUT2D eigenvalue weighted by molar-refractivity contribution is 6.30. The monoisotopic (exact) mass is 403 g/mol. The number of nitrogens with one attached hydrogen (secondary N) is 1. The Kier molecular flexibility index (Phi) is 5.11. The molecule has 8 heteroatoms. The summed E-state index contributed by atoms with van der Waals surface area (Å²) in [7, 11) is 0. The molecule has 1 aliphatic rings. The zero-order valence-electron chi connectivity index (χ0n) is 14.7. The van der Waals surface area contributed by atoms with Gasteiger partial charge in [0.1, 0.15) is 17.7 Å². The molecule has 0 fully saturated rings. The van der Waals surface area contributed by atoms with E-state index in [2.05, 4.69) is 10.4 Å². The first-order chi connectivity index (χ1) is 13.5. The summed E-state index contributed by atoms with van der Waals surface area (Å²) in [5.41, 5.74) is 2.18. The molecule has 0 aliphatic carbocycles. The van der Waals surface area contributed by atoms with Gasteiger partial charge in [0.2, 0.25) is 0 Å². The fraction of sp³-hybridized carbons (Fsp3) is 0.200. The van der Waals surface area contributed by atoms with Gasteiger partial charge >= 0.3 is 0 Å². The second-order valence-corrected chi connectivity index (χ2v) is 6.91. The number of benzene rings is 2. The van der Waals surface area contributed by atoms with E-state index >= 15 is 0 Å². The first-order valence-corrected chi connectivity index (χ1v) is 9.03. The number of carbonyl (C=O) groups is 1. The molecule has 1 aliphatic heterocycles. The molecular formula is C20H16ClF2N3O2. The fourth-order valence-corrected chi connectivity index (χ4v) is 3.17. The van der Waals surface area contributed by atoms with Gasteiger partial charge in [-0.2, -0.15) is 5.10 Å². The van der Waals surface area contributed by atoms with Gasteiger partial charge in [0.25, 0.3) is 5.91 Å². The number of fused-ring (bicyclic) bond motifs is 1. The maximum atomic E-state index is 13.7. The van der Waals surface area contributed by atoms with Crippen LogP contribution in [0.5, 0.6) is 0 Å². The Morgan fingerprint density at radius 2 is 2.00 bits per heavy atom. The van der Waals surface area contributed by atoms with Crippen molar-refractivity contribution < 1.29 is 18.3 Å². The van der Waals surface area contributed by atoms with Gasteiger partial charge in [-0.25, -0.2) is 8.78 Å². The summed E-state index contributed by atoms with van der Waals surface area (Å²) in [4.78, 5) is 12.4. The summed E-state index contributed by atoms with van der Waals surface area (Å²) in [6.07, 6.45) is -0.186. The summed E-state index contributed by atoms with van der Waals surface area (Å²) in [5.74, 6) is -1.80. The van der Waals surface area contributed by atoms with E-state index in [1.165, 1.54) is 6.07 Å². The molecule has 1 N–H and O–H groups in total. The summed E-state index contributed by atoms with van der Waals surface area (Å²) < 4.78 is 34.2. The second-order valence-electron chi connectivity index (χ2n) is 6.47. The first kappa shape index (κ1) is 18.6. The quantitative estimate of drug-likeness (QED) is 0.716. The average Bonchev–Trinajstić information content (AvgIpc) is 3.11. The van der Waals surface area contributed by atoms with Crippen LogP contribution < -0.4 is 5.32 Å². The number of amides is 1. The zero-order chi connectivity index (χ0) is 19.7. The Labute approximate surface area is 164 Å². The Balaban J connectivity index is 1.43. The van der Waals surface area contributed by atoms with Crippen LogP contribution in [0.4, 0.5) is 8.78 Å². The predicted molar refractivity (Wildman–Crippen MR) is 98.7 cm³/mol. The van der Waals surface area contributed by atoms with E-state index in [-0.39, 0.29) is 23.9 Å². The number of halogens is 3. The molecule has 1 atom stereocenters. The van der Waals surface area contributed by atoms with Crippen LogP contribution in [0.25, 0.3) is 0 Å². The van der Waals surface area contributed by atoms with Gasteiger partial charge in [0, 0.05) is 23.2 Å². The van der Waals surface area contributed by atoms with Crippen molar-refractivity contribution in [3.05, 3.63) is 87.7 Å². The first-order valence-electron chi connectivity index (χ1n) is 8.65. The van der Waals surface area contributed by atoms with Crippen molar-refractivity contribution in [2.24, 2.45) is 0 Å². The van der Waals surface area contributed by atoms with Crippen LogP contribution in [-0.2, 0) is 24.4 Å². The molecule has 2 heterocycles. The summed E-state index contributed by atoms with van der Waals surface area (Å²) >= 11 is 5.92. The van der Waals surface area contributed by atoms with Crippen molar-refractivity contribution in [1.82, 2.24) is 15.1 Å². The molecule has 0 unspecified atom stereocenters. The van der Waals surface area contributed by atoms with Crippen molar-refractivity contribution in [1.29, 1.82) is 0 Å². The van der Waals surface area contributed by atoms with Gasteiger partial charge in [0.15, 0.2) is 5.69 Å². The Morgan fingerprint density at radius 1 is 1.21 bits per heavy atom. The fourth-order valence-electron chi connectivity index (χ4n) is 3.05. The van der Waals surface area contributed by atoms with Gasteiger partial charge in [-0.05, 0) is 29.8 Å². The Bertz CT molecular complexity index is 1020. The van der Waals surface area contributed by atoms with Crippen molar-refractivity contribution >= 4 is 17.5 Å². The van der Waals surface area contributed by atoms with Crippen molar-refractivity contribution in [3.63, 3.8) is 0 Å². The lowest BCUT2D eigenvalue weighted by atomic mass is 10.1. The van der Waals surface area contributed by atoms with E-state index in [1.54, 1.807) is 22.9 Å². The highest BCUT2D eigenvalue weighted by Gasteiger charge is 2.24. The largest absolute Gasteiger partial charge is 0.365 e. The maximum Gasteiger partial charge on any atom is 0.272 e. The standard InChI is InChI=1S/C20H16ClF2N3O2/c21-14-4-1-12(2-5-14)19-10-26-16(11-28-19)8-18(25-26)20(27)24-9-13-3-6-15(22)7-17(13)23/h1-8,19H,9-11H2,(H,24,27)/t19-/m0/s1. The number of rotatable bonds is 4. The number of carbonyl (C=O) groups excluding carboxylic acids is 1. The van der Waals surface area contributed by atoms with Gasteiger partial charge < -0.3 is 10.1 Å². The van der Waals surface area contributed by atoms with E-state index in [9.17, 15) is 13.6 Å². The highest BCUT2D eigenvalue weighted by Crippen LogP contribution is 2.27. The number of ether oxygens (including phenoxy) is 1. The number of nitrogens with zero attached hydrogens (tertiary/aromatic N) is 2. The lowest BCUT2D eigenvalue weighted by Gasteiger charge is -2.24. The number of hydrogen-bond acceptors (Lipinski definition) is 3. The molecule has 4 rings (SSSR count). The van der Waals surface area contributed by atoms with E-state index in [1.807, 2.05) is 12.1 Å². The molecule has 3 aromatic rings. The number of hydrogen-bond donors (Lipinski definition) is 1. The van der Waals surface area contributed by atoms with Crippen molar-refractivity contribution in [2.45, 2.75) is 25.8 Å². The minimum absolute atomic E-state index is 0.0585. The van der Waals surface area contributed by atoms with Crippen LogP contribution in [0, 0.1) is 11.6 Å². The molecule has 0 saturated heterocycles. The average molecular weight is 404 g/mol. The summed E-state index contributed by atoms with van der Waals surface area (Å²) in [6.45, 7) is 0.730. The van der Waals surface area contributed by atoms with E-state index in [0.29, 0.717) is 18.2 Å². The smallest absolute Gasteiger partial charge is 0.272 e. The van der Waals surface area contributed by atoms with Gasteiger partial charge in [-0.1, -0.05) is 29.8 Å². The van der Waals surface area contributed by atoms with Crippen molar-refractivity contribution in [3.8, 4) is 0 Å². The third-order valence-electron chi connectivity index (χ3n) is 4.56. The van der Waals surface area contributed by atoms with Gasteiger partial charge in [-0.15, -0.1) is 0 Å². The molecule has 2 aromatic carbocycles. The minimum atomic E-state index is -0.705. The summed E-state index contributed by atoms with van der Waals surface area (Å²) in [6, 6.07) is 12.3. The van der Waals surface area contributed by atoms with E-state index in [0.717, 1.165) is 23.4 Å². The zero-order valence-corrected chi connectivity index (χ0v) is 15.4. The molecule has 0 spiro atoms. The van der Waals surface area contributed by atoms with E-state index < -0.39 is 17.5 Å². The lowest BCUT2D eigenvalue weighted by molar-refractivity contribution is -0.00119. The molecule has 0 saturated carbocycles. The molecule has 5 nitrogen and oxygen atoms in total. The third kappa shape index (κ3) is 3.90. The van der Waals surface area contributed by atoms with Crippen molar-refractivity contribution in [2.75, 3.05) is 0 Å². The molecule has 1 amide bonds. The molecule has 0 bridgehead atoms. The van der Waals surface area contributed by atoms with Crippen LogP contribution >= 0.6 is 11.6 Å². The van der Waals surface area contributed by atoms with Crippen LogP contribution in [0.15, 0.2) is 48.5 Å². The van der Waals surface area contributed by atoms with E-state index in [4.69, 9.17) is 16.3 Å². The normalized spacial score (nSPS) is 15.9. The Morgan fingerprint density at radius 3 is 2.75 bits per heavy atom. The van der Waals surface area contributed by atoms with Crippen LogP contribution in [-0.4, -0.2) is 15.7 Å². The highest BCUT2D eigenvalue weighted by atomic mass is 35.5. The van der Waals surface area contributed by atoms with Gasteiger partial charge in [0.05, 0.1) is 18.8 Å². The molecule has 0 radical (unpaired) electrons. The molecule has 1 aromatic heterocycles. The third-order valence-corrected chi connectivity index (χ3v) is 4.82. The maximum absolute atomic E-state index is 13.7. The second kappa shape index (κ2) is 7.69. The Hall–Kier alpha value is -2.77. The minimum Gasteiger partial charge on any atom is -0.365 e. The van der Waals surface area contributed by atoms with Gasteiger partial charge in [-0.3, -0.25) is 9.48 Å². The summed E-state index contributed by atoms with van der Waals surface area (Å²) in [5, 5.41) is 7.59. The molecule has 144 valence electrons. The van der Waals surface area contributed by atoms with Crippen LogP contribution in [0.2, 0.25) is 5.02 Å². The van der Waals surface area contributed by atoms with Crippen LogP contribution in [0.1, 0.15) is 33.4 Å². The molecular weight excluding hydrogens is 388 g/mol. The topological polar surface area (TPSA) is 56.2 Å².